The van der Waals surface area contributed by atoms with Gasteiger partial charge in [0.1, 0.15) is 6.54 Å². The molecule has 1 fully saturated rings. The summed E-state index contributed by atoms with van der Waals surface area (Å²) in [7, 11) is 0. The van der Waals surface area contributed by atoms with Crippen molar-refractivity contribution < 1.29 is 23.9 Å². The highest BCUT2D eigenvalue weighted by Gasteiger charge is 2.26. The van der Waals surface area contributed by atoms with Gasteiger partial charge < -0.3 is 15.0 Å². The first-order chi connectivity index (χ1) is 11.4. The van der Waals surface area contributed by atoms with Crippen molar-refractivity contribution >= 4 is 40.3 Å². The second-order valence-electron chi connectivity index (χ2n) is 5.29. The molecule has 0 unspecified atom stereocenters. The number of anilines is 1. The highest BCUT2D eigenvalue weighted by atomic mass is 32.2. The van der Waals surface area contributed by atoms with Crippen molar-refractivity contribution in [3.05, 3.63) is 29.8 Å². The third-order valence-corrected chi connectivity index (χ3v) is 4.27. The van der Waals surface area contributed by atoms with E-state index in [-0.39, 0.29) is 17.6 Å². The Morgan fingerprint density at radius 2 is 2.12 bits per heavy atom. The predicted octanol–water partition coefficient (Wildman–Crippen LogP) is 1.93. The Bertz CT molecular complexity index is 676. The molecule has 1 aliphatic rings. The van der Waals surface area contributed by atoms with Gasteiger partial charge in [0, 0.05) is 23.5 Å². The number of hydrogen-bond acceptors (Lipinski definition) is 6. The lowest BCUT2D eigenvalue weighted by Crippen LogP contribution is -2.36. The second-order valence-corrected chi connectivity index (χ2v) is 6.34. The Morgan fingerprint density at radius 1 is 1.38 bits per heavy atom. The number of nitrogens with one attached hydrogen (secondary N) is 1. The van der Waals surface area contributed by atoms with Crippen LogP contribution in [0.4, 0.5) is 10.5 Å². The summed E-state index contributed by atoms with van der Waals surface area (Å²) in [6, 6.07) is 6.49. The average molecular weight is 350 g/mol. The minimum atomic E-state index is -1.01. The number of rotatable bonds is 6. The highest BCUT2D eigenvalue weighted by Crippen LogP contribution is 2.17. The first-order valence-electron chi connectivity index (χ1n) is 7.40. The van der Waals surface area contributed by atoms with E-state index in [2.05, 4.69) is 5.32 Å². The molecule has 2 rings (SSSR count). The van der Waals surface area contributed by atoms with Crippen LogP contribution in [0.15, 0.2) is 24.3 Å². The number of carbonyl (C=O) groups is 4. The normalized spacial score (nSPS) is 15.1. The number of carbonyl (C=O) groups excluding carboxylic acids is 4. The average Bonchev–Trinajstić information content (AvgIpc) is 2.92. The van der Waals surface area contributed by atoms with Gasteiger partial charge in [-0.1, -0.05) is 23.9 Å². The zero-order valence-corrected chi connectivity index (χ0v) is 14.2. The van der Waals surface area contributed by atoms with Crippen LogP contribution >= 0.6 is 11.8 Å². The number of thioether (sulfide) groups is 1. The zero-order valence-electron chi connectivity index (χ0n) is 13.4. The quantitative estimate of drug-likeness (QED) is 0.622. The van der Waals surface area contributed by atoms with Gasteiger partial charge in [-0.25, -0.2) is 0 Å². The molecule has 7 nitrogen and oxygen atoms in total. The smallest absolute Gasteiger partial charge is 0.326 e. The Morgan fingerprint density at radius 3 is 2.75 bits per heavy atom. The Balaban J connectivity index is 1.87. The third-order valence-electron chi connectivity index (χ3n) is 3.38. The first-order valence-corrected chi connectivity index (χ1v) is 8.38. The molecule has 0 saturated carbocycles. The fraction of sp³-hybridized carbons (Fsp3) is 0.375. The van der Waals surface area contributed by atoms with Crippen LogP contribution in [0.2, 0.25) is 0 Å². The maximum absolute atomic E-state index is 12.1. The summed E-state index contributed by atoms with van der Waals surface area (Å²) in [5.74, 6) is -0.606. The molecule has 24 heavy (non-hydrogen) atoms. The SMILES string of the molecule is CC(=O)c1cccc(NC(=O)[C@@H](C)OC(=O)CN2CCSC2=O)c1. The summed E-state index contributed by atoms with van der Waals surface area (Å²) in [6.45, 7) is 3.21. The van der Waals surface area contributed by atoms with E-state index in [1.165, 1.54) is 18.7 Å². The molecule has 1 heterocycles. The molecular weight excluding hydrogens is 332 g/mol. The third kappa shape index (κ3) is 4.82. The summed E-state index contributed by atoms with van der Waals surface area (Å²) >= 11 is 1.15. The lowest BCUT2D eigenvalue weighted by molar-refractivity contribution is -0.153. The Hall–Kier alpha value is -2.35. The van der Waals surface area contributed by atoms with Crippen molar-refractivity contribution in [2.75, 3.05) is 24.2 Å². The van der Waals surface area contributed by atoms with Crippen LogP contribution in [0.5, 0.6) is 0 Å². The van der Waals surface area contributed by atoms with Crippen molar-refractivity contribution in [1.82, 2.24) is 4.90 Å². The molecule has 0 radical (unpaired) electrons. The number of amides is 2. The van der Waals surface area contributed by atoms with Crippen LogP contribution in [0, 0.1) is 0 Å². The van der Waals surface area contributed by atoms with E-state index in [1.807, 2.05) is 0 Å². The molecule has 128 valence electrons. The van der Waals surface area contributed by atoms with Crippen LogP contribution in [0.1, 0.15) is 24.2 Å². The topological polar surface area (TPSA) is 92.8 Å². The molecule has 2 amide bonds. The van der Waals surface area contributed by atoms with Crippen molar-refractivity contribution in [3.8, 4) is 0 Å². The maximum atomic E-state index is 12.1. The monoisotopic (exact) mass is 350 g/mol. The number of nitrogens with zero attached hydrogens (tertiary/aromatic N) is 1. The Labute approximate surface area is 143 Å². The molecule has 1 aromatic carbocycles. The van der Waals surface area contributed by atoms with E-state index >= 15 is 0 Å². The molecule has 0 aromatic heterocycles. The summed E-state index contributed by atoms with van der Waals surface area (Å²) < 4.78 is 5.05. The van der Waals surface area contributed by atoms with Crippen LogP contribution in [-0.4, -0.2) is 52.7 Å². The molecule has 1 aliphatic heterocycles. The zero-order chi connectivity index (χ0) is 17.7. The van der Waals surface area contributed by atoms with Crippen molar-refractivity contribution in [2.24, 2.45) is 0 Å². The van der Waals surface area contributed by atoms with Crippen LogP contribution in [-0.2, 0) is 14.3 Å². The second kappa shape index (κ2) is 7.96. The van der Waals surface area contributed by atoms with Gasteiger partial charge >= 0.3 is 5.97 Å². The minimum absolute atomic E-state index is 0.112. The van der Waals surface area contributed by atoms with E-state index in [0.29, 0.717) is 23.5 Å². The summed E-state index contributed by atoms with van der Waals surface area (Å²) in [4.78, 5) is 48.0. The molecular formula is C16H18N2O5S. The molecule has 0 aliphatic carbocycles. The highest BCUT2D eigenvalue weighted by molar-refractivity contribution is 8.13. The number of ketones is 1. The van der Waals surface area contributed by atoms with Crippen LogP contribution in [0.3, 0.4) is 0 Å². The molecule has 1 saturated heterocycles. The van der Waals surface area contributed by atoms with E-state index in [4.69, 9.17) is 4.74 Å². The fourth-order valence-electron chi connectivity index (χ4n) is 2.07. The van der Waals surface area contributed by atoms with Gasteiger partial charge in [-0.05, 0) is 26.0 Å². The molecule has 0 spiro atoms. The summed E-state index contributed by atoms with van der Waals surface area (Å²) in [5, 5.41) is 2.43. The van der Waals surface area contributed by atoms with Crippen LogP contribution < -0.4 is 5.32 Å². The molecule has 1 atom stereocenters. The maximum Gasteiger partial charge on any atom is 0.326 e. The van der Waals surface area contributed by atoms with E-state index in [0.717, 1.165) is 11.8 Å². The standard InChI is InChI=1S/C16H18N2O5S/c1-10(19)12-4-3-5-13(8-12)17-15(21)11(2)23-14(20)9-18-6-7-24-16(18)22/h3-5,8,11H,6-7,9H2,1-2H3,(H,17,21)/t11-/m1/s1. The lowest BCUT2D eigenvalue weighted by Gasteiger charge is -2.17. The molecule has 1 N–H and O–H groups in total. The number of benzene rings is 1. The van der Waals surface area contributed by atoms with E-state index in [1.54, 1.807) is 24.3 Å². The number of esters is 1. The number of hydrogen-bond donors (Lipinski definition) is 1. The largest absolute Gasteiger partial charge is 0.451 e. The molecule has 1 aromatic rings. The van der Waals surface area contributed by atoms with Gasteiger partial charge in [-0.3, -0.25) is 19.2 Å². The summed E-state index contributed by atoms with van der Waals surface area (Å²) in [5.41, 5.74) is 0.921. The van der Waals surface area contributed by atoms with Crippen molar-refractivity contribution in [3.63, 3.8) is 0 Å². The fourth-order valence-corrected chi connectivity index (χ4v) is 2.90. The summed E-state index contributed by atoms with van der Waals surface area (Å²) in [6.07, 6.45) is -1.01. The lowest BCUT2D eigenvalue weighted by atomic mass is 10.1. The van der Waals surface area contributed by atoms with Crippen molar-refractivity contribution in [1.29, 1.82) is 0 Å². The Kier molecular flexibility index (Phi) is 5.97. The number of Topliss-reactive ketones (excluding diaryl/α,β-unsaturated/α-hetero) is 1. The molecule has 0 bridgehead atoms. The van der Waals surface area contributed by atoms with Gasteiger partial charge in [0.25, 0.3) is 11.1 Å². The number of ether oxygens (including phenoxy) is 1. The van der Waals surface area contributed by atoms with Gasteiger partial charge in [-0.15, -0.1) is 0 Å². The first kappa shape index (κ1) is 18.0. The van der Waals surface area contributed by atoms with Gasteiger partial charge in [0.15, 0.2) is 11.9 Å². The van der Waals surface area contributed by atoms with Crippen LogP contribution in [0.25, 0.3) is 0 Å². The molecule has 8 heteroatoms. The predicted molar refractivity (Wildman–Crippen MR) is 90.1 cm³/mol. The van der Waals surface area contributed by atoms with Gasteiger partial charge in [-0.2, -0.15) is 0 Å². The minimum Gasteiger partial charge on any atom is -0.451 e. The van der Waals surface area contributed by atoms with Gasteiger partial charge in [0.2, 0.25) is 0 Å². The van der Waals surface area contributed by atoms with Crippen molar-refractivity contribution in [2.45, 2.75) is 20.0 Å². The van der Waals surface area contributed by atoms with Gasteiger partial charge in [0.05, 0.1) is 0 Å². The van der Waals surface area contributed by atoms with E-state index in [9.17, 15) is 19.2 Å². The van der Waals surface area contributed by atoms with E-state index < -0.39 is 18.0 Å².